The molecule has 0 aliphatic carbocycles. The molecule has 0 aliphatic rings. The van der Waals surface area contributed by atoms with Gasteiger partial charge in [-0.15, -0.1) is 0 Å². The second-order valence-corrected chi connectivity index (χ2v) is 8.20. The first-order valence-corrected chi connectivity index (χ1v) is 11.7. The molecule has 0 saturated carbocycles. The van der Waals surface area contributed by atoms with Gasteiger partial charge in [0.05, 0.1) is 6.61 Å². The van der Waals surface area contributed by atoms with Gasteiger partial charge >= 0.3 is 0 Å². The standard InChI is InChI=1S/C31H31NO/c1-3-24-11-17-29(18-12-24)32(30-19-13-25(4-2)14-20-30)31-21-15-27(16-22-31)6-5-26-7-9-28(23-33)10-8-26/h5-22,33H,3-4,23H2,1-2H3. The lowest BCUT2D eigenvalue weighted by atomic mass is 10.1. The smallest absolute Gasteiger partial charge is 0.0681 e. The van der Waals surface area contributed by atoms with E-state index in [2.05, 4.69) is 104 Å². The molecule has 166 valence electrons. The van der Waals surface area contributed by atoms with Crippen LogP contribution in [0.15, 0.2) is 97.1 Å². The average molecular weight is 434 g/mol. The Morgan fingerprint density at radius 1 is 0.515 bits per heavy atom. The van der Waals surface area contributed by atoms with Crippen LogP contribution in [0.1, 0.15) is 41.7 Å². The Bertz CT molecular complexity index is 1120. The van der Waals surface area contributed by atoms with Crippen LogP contribution in [0.3, 0.4) is 0 Å². The van der Waals surface area contributed by atoms with E-state index in [1.807, 2.05) is 24.3 Å². The van der Waals surface area contributed by atoms with Crippen LogP contribution in [0.25, 0.3) is 12.2 Å². The van der Waals surface area contributed by atoms with Gasteiger partial charge in [-0.1, -0.05) is 86.7 Å². The molecule has 0 saturated heterocycles. The van der Waals surface area contributed by atoms with Crippen molar-refractivity contribution in [3.05, 3.63) is 125 Å². The zero-order chi connectivity index (χ0) is 23.0. The molecule has 4 aromatic carbocycles. The van der Waals surface area contributed by atoms with Crippen LogP contribution in [0.4, 0.5) is 17.1 Å². The number of benzene rings is 4. The highest BCUT2D eigenvalue weighted by Gasteiger charge is 2.12. The van der Waals surface area contributed by atoms with Crippen LogP contribution < -0.4 is 4.90 Å². The SMILES string of the molecule is CCc1ccc(N(c2ccc(C=Cc3ccc(CO)cc3)cc2)c2ccc(CC)cc2)cc1. The molecule has 1 N–H and O–H groups in total. The second kappa shape index (κ2) is 10.8. The molecule has 0 atom stereocenters. The third-order valence-electron chi connectivity index (χ3n) is 5.99. The number of hydrogen-bond donors (Lipinski definition) is 1. The van der Waals surface area contributed by atoms with Gasteiger partial charge in [0.2, 0.25) is 0 Å². The second-order valence-electron chi connectivity index (χ2n) is 8.20. The van der Waals surface area contributed by atoms with Gasteiger partial charge in [-0.05, 0) is 77.1 Å². The lowest BCUT2D eigenvalue weighted by molar-refractivity contribution is 0.282. The van der Waals surface area contributed by atoms with E-state index in [1.165, 1.54) is 11.1 Å². The first-order chi connectivity index (χ1) is 16.2. The van der Waals surface area contributed by atoms with Crippen LogP contribution in [0, 0.1) is 0 Å². The number of rotatable bonds is 8. The number of aryl methyl sites for hydroxylation is 2. The largest absolute Gasteiger partial charge is 0.392 e. The minimum Gasteiger partial charge on any atom is -0.392 e. The lowest BCUT2D eigenvalue weighted by Gasteiger charge is -2.26. The van der Waals surface area contributed by atoms with Gasteiger partial charge in [0.15, 0.2) is 0 Å². The van der Waals surface area contributed by atoms with Crippen LogP contribution in [0.5, 0.6) is 0 Å². The molecular weight excluding hydrogens is 402 g/mol. The number of hydrogen-bond acceptors (Lipinski definition) is 2. The fourth-order valence-corrected chi connectivity index (χ4v) is 3.87. The molecule has 33 heavy (non-hydrogen) atoms. The molecule has 0 radical (unpaired) electrons. The summed E-state index contributed by atoms with van der Waals surface area (Å²) in [5.41, 5.74) is 9.31. The topological polar surface area (TPSA) is 23.5 Å². The van der Waals surface area contributed by atoms with E-state index in [1.54, 1.807) is 0 Å². The molecule has 0 aromatic heterocycles. The first-order valence-electron chi connectivity index (χ1n) is 11.7. The van der Waals surface area contributed by atoms with Gasteiger partial charge in [-0.3, -0.25) is 0 Å². The summed E-state index contributed by atoms with van der Waals surface area (Å²) in [6, 6.07) is 34.3. The Labute approximate surface area is 197 Å². The molecule has 4 aromatic rings. The van der Waals surface area contributed by atoms with Crippen molar-refractivity contribution in [3.63, 3.8) is 0 Å². The summed E-state index contributed by atoms with van der Waals surface area (Å²) in [5, 5.41) is 9.20. The fourth-order valence-electron chi connectivity index (χ4n) is 3.87. The Morgan fingerprint density at radius 3 is 1.21 bits per heavy atom. The number of aliphatic hydroxyl groups is 1. The van der Waals surface area contributed by atoms with Gasteiger partial charge in [0, 0.05) is 17.1 Å². The normalized spacial score (nSPS) is 11.1. The number of anilines is 3. The van der Waals surface area contributed by atoms with E-state index in [4.69, 9.17) is 0 Å². The summed E-state index contributed by atoms with van der Waals surface area (Å²) in [6.45, 7) is 4.44. The molecular formula is C31H31NO. The summed E-state index contributed by atoms with van der Waals surface area (Å²) in [4.78, 5) is 2.31. The van der Waals surface area contributed by atoms with E-state index in [9.17, 15) is 5.11 Å². The van der Waals surface area contributed by atoms with Crippen molar-refractivity contribution in [3.8, 4) is 0 Å². The Kier molecular flexibility index (Phi) is 7.39. The van der Waals surface area contributed by atoms with Crippen molar-refractivity contribution >= 4 is 29.2 Å². The zero-order valence-corrected chi connectivity index (χ0v) is 19.4. The van der Waals surface area contributed by atoms with Gasteiger partial charge in [0.25, 0.3) is 0 Å². The quantitative estimate of drug-likeness (QED) is 0.285. The van der Waals surface area contributed by atoms with E-state index in [0.717, 1.165) is 46.6 Å². The van der Waals surface area contributed by atoms with Crippen molar-refractivity contribution in [2.24, 2.45) is 0 Å². The summed E-state index contributed by atoms with van der Waals surface area (Å²) in [5.74, 6) is 0. The van der Waals surface area contributed by atoms with E-state index < -0.39 is 0 Å². The van der Waals surface area contributed by atoms with Crippen LogP contribution in [-0.2, 0) is 19.4 Å². The summed E-state index contributed by atoms with van der Waals surface area (Å²) >= 11 is 0. The molecule has 0 amide bonds. The predicted octanol–water partition coefficient (Wildman–Crippen LogP) is 7.94. The Morgan fingerprint density at radius 2 is 0.848 bits per heavy atom. The minimum atomic E-state index is 0.0737. The fraction of sp³-hybridized carbons (Fsp3) is 0.161. The summed E-state index contributed by atoms with van der Waals surface area (Å²) in [7, 11) is 0. The minimum absolute atomic E-state index is 0.0737. The highest BCUT2D eigenvalue weighted by Crippen LogP contribution is 2.35. The third kappa shape index (κ3) is 5.60. The number of nitrogens with zero attached hydrogens (tertiary/aromatic N) is 1. The van der Waals surface area contributed by atoms with Crippen LogP contribution in [0.2, 0.25) is 0 Å². The highest BCUT2D eigenvalue weighted by molar-refractivity contribution is 5.78. The summed E-state index contributed by atoms with van der Waals surface area (Å²) < 4.78 is 0. The monoisotopic (exact) mass is 433 g/mol. The Hall–Kier alpha value is -3.62. The maximum absolute atomic E-state index is 9.20. The molecule has 4 rings (SSSR count). The molecule has 0 unspecified atom stereocenters. The lowest BCUT2D eigenvalue weighted by Crippen LogP contribution is -2.10. The zero-order valence-electron chi connectivity index (χ0n) is 19.4. The van der Waals surface area contributed by atoms with E-state index >= 15 is 0 Å². The van der Waals surface area contributed by atoms with E-state index in [-0.39, 0.29) is 6.61 Å². The van der Waals surface area contributed by atoms with Gasteiger partial charge in [-0.2, -0.15) is 0 Å². The van der Waals surface area contributed by atoms with E-state index in [0.29, 0.717) is 0 Å². The molecule has 2 heteroatoms. The van der Waals surface area contributed by atoms with Crippen molar-refractivity contribution in [1.29, 1.82) is 0 Å². The van der Waals surface area contributed by atoms with Gasteiger partial charge < -0.3 is 10.0 Å². The predicted molar refractivity (Wildman–Crippen MR) is 141 cm³/mol. The van der Waals surface area contributed by atoms with Crippen LogP contribution in [-0.4, -0.2) is 5.11 Å². The maximum atomic E-state index is 9.20. The van der Waals surface area contributed by atoms with Crippen molar-refractivity contribution < 1.29 is 5.11 Å². The first kappa shape index (κ1) is 22.6. The maximum Gasteiger partial charge on any atom is 0.0681 e. The van der Waals surface area contributed by atoms with Gasteiger partial charge in [0.1, 0.15) is 0 Å². The molecule has 0 aliphatic heterocycles. The van der Waals surface area contributed by atoms with Crippen molar-refractivity contribution in [2.45, 2.75) is 33.3 Å². The Balaban J connectivity index is 1.62. The molecule has 2 nitrogen and oxygen atoms in total. The average Bonchev–Trinajstić information content (AvgIpc) is 2.89. The summed E-state index contributed by atoms with van der Waals surface area (Å²) in [6.07, 6.45) is 6.29. The molecule has 0 spiro atoms. The van der Waals surface area contributed by atoms with Gasteiger partial charge in [-0.25, -0.2) is 0 Å². The molecule has 0 fully saturated rings. The highest BCUT2D eigenvalue weighted by atomic mass is 16.3. The van der Waals surface area contributed by atoms with Crippen LogP contribution >= 0.6 is 0 Å². The molecule has 0 bridgehead atoms. The third-order valence-corrected chi connectivity index (χ3v) is 5.99. The number of aliphatic hydroxyl groups excluding tert-OH is 1. The molecule has 0 heterocycles. The van der Waals surface area contributed by atoms with Crippen molar-refractivity contribution in [1.82, 2.24) is 0 Å². The van der Waals surface area contributed by atoms with Crippen molar-refractivity contribution in [2.75, 3.05) is 4.90 Å².